The molecule has 1 amide bonds. The Kier molecular flexibility index (Phi) is 6.02. The number of rotatable bonds is 7. The van der Waals surface area contributed by atoms with E-state index < -0.39 is 5.41 Å². The molecule has 0 saturated heterocycles. The summed E-state index contributed by atoms with van der Waals surface area (Å²) < 4.78 is 5.66. The second kappa shape index (κ2) is 7.29. The fourth-order valence-electron chi connectivity index (χ4n) is 1.95. The van der Waals surface area contributed by atoms with E-state index in [1.54, 1.807) is 11.9 Å². The minimum absolute atomic E-state index is 0.0790. The molecule has 0 fully saturated rings. The molecule has 20 heavy (non-hydrogen) atoms. The molecule has 1 unspecified atom stereocenters. The highest BCUT2D eigenvalue weighted by Gasteiger charge is 2.32. The number of aryl methyl sites for hydroxylation is 1. The molecule has 0 aliphatic carbocycles. The highest BCUT2D eigenvalue weighted by molar-refractivity contribution is 5.82. The van der Waals surface area contributed by atoms with Crippen LogP contribution in [0.2, 0.25) is 0 Å². The normalized spacial score (nSPS) is 13.7. The van der Waals surface area contributed by atoms with Crippen molar-refractivity contribution in [1.29, 1.82) is 0 Å². The summed E-state index contributed by atoms with van der Waals surface area (Å²) in [6, 6.07) is 7.89. The van der Waals surface area contributed by atoms with Crippen molar-refractivity contribution < 1.29 is 9.53 Å². The second-order valence-electron chi connectivity index (χ2n) is 5.51. The van der Waals surface area contributed by atoms with E-state index in [-0.39, 0.29) is 5.91 Å². The van der Waals surface area contributed by atoms with Gasteiger partial charge in [0.1, 0.15) is 12.4 Å². The number of hydrogen-bond donors (Lipinski definition) is 1. The molecule has 0 aliphatic heterocycles. The number of carbonyl (C=O) groups is 1. The smallest absolute Gasteiger partial charge is 0.229 e. The molecule has 1 atom stereocenters. The molecular formula is C16H26N2O2. The molecule has 0 spiro atoms. The van der Waals surface area contributed by atoms with E-state index >= 15 is 0 Å². The number of nitrogens with zero attached hydrogens (tertiary/aromatic N) is 1. The minimum atomic E-state index is -0.474. The SMILES string of the molecule is CCC(C)(CN)C(=O)N(C)CCOc1cccc(C)c1. The zero-order chi connectivity index (χ0) is 15.2. The first-order valence-corrected chi connectivity index (χ1v) is 7.08. The van der Waals surface area contributed by atoms with Crippen LogP contribution in [0.15, 0.2) is 24.3 Å². The molecule has 4 heteroatoms. The average molecular weight is 278 g/mol. The molecule has 0 heterocycles. The first kappa shape index (κ1) is 16.5. The third kappa shape index (κ3) is 4.23. The van der Waals surface area contributed by atoms with Gasteiger partial charge in [0.05, 0.1) is 12.0 Å². The predicted molar refractivity (Wildman–Crippen MR) is 81.8 cm³/mol. The lowest BCUT2D eigenvalue weighted by atomic mass is 9.86. The predicted octanol–water partition coefficient (Wildman–Crippen LogP) is 2.21. The molecule has 0 radical (unpaired) electrons. The topological polar surface area (TPSA) is 55.6 Å². The van der Waals surface area contributed by atoms with Gasteiger partial charge in [0, 0.05) is 13.6 Å². The van der Waals surface area contributed by atoms with Gasteiger partial charge in [-0.05, 0) is 38.0 Å². The fourth-order valence-corrected chi connectivity index (χ4v) is 1.95. The Morgan fingerprint density at radius 2 is 2.15 bits per heavy atom. The van der Waals surface area contributed by atoms with Crippen LogP contribution >= 0.6 is 0 Å². The first-order valence-electron chi connectivity index (χ1n) is 7.08. The van der Waals surface area contributed by atoms with Gasteiger partial charge in [-0.15, -0.1) is 0 Å². The van der Waals surface area contributed by atoms with Crippen molar-refractivity contribution in [2.45, 2.75) is 27.2 Å². The van der Waals surface area contributed by atoms with Crippen molar-refractivity contribution >= 4 is 5.91 Å². The molecule has 0 bridgehead atoms. The van der Waals surface area contributed by atoms with Gasteiger partial charge < -0.3 is 15.4 Å². The summed E-state index contributed by atoms with van der Waals surface area (Å²) in [6.45, 7) is 7.33. The monoisotopic (exact) mass is 278 g/mol. The zero-order valence-corrected chi connectivity index (χ0v) is 13.0. The molecule has 0 aromatic heterocycles. The first-order chi connectivity index (χ1) is 9.42. The number of amides is 1. The highest BCUT2D eigenvalue weighted by atomic mass is 16.5. The summed E-state index contributed by atoms with van der Waals surface area (Å²) in [7, 11) is 1.80. The Bertz CT molecular complexity index is 442. The lowest BCUT2D eigenvalue weighted by molar-refractivity contribution is -0.139. The van der Waals surface area contributed by atoms with Crippen LogP contribution in [0.3, 0.4) is 0 Å². The number of benzene rings is 1. The van der Waals surface area contributed by atoms with E-state index in [2.05, 4.69) is 0 Å². The molecule has 4 nitrogen and oxygen atoms in total. The van der Waals surface area contributed by atoms with E-state index in [1.807, 2.05) is 45.0 Å². The van der Waals surface area contributed by atoms with E-state index in [0.717, 1.165) is 17.7 Å². The summed E-state index contributed by atoms with van der Waals surface area (Å²) in [5.41, 5.74) is 6.40. The van der Waals surface area contributed by atoms with Crippen LogP contribution in [-0.2, 0) is 4.79 Å². The number of nitrogens with two attached hydrogens (primary N) is 1. The van der Waals surface area contributed by atoms with Gasteiger partial charge in [0.15, 0.2) is 0 Å². The molecule has 0 saturated carbocycles. The van der Waals surface area contributed by atoms with Crippen LogP contribution in [-0.4, -0.2) is 37.6 Å². The van der Waals surface area contributed by atoms with Gasteiger partial charge in [-0.1, -0.05) is 19.1 Å². The van der Waals surface area contributed by atoms with Crippen LogP contribution in [0, 0.1) is 12.3 Å². The van der Waals surface area contributed by atoms with Gasteiger partial charge in [0.2, 0.25) is 5.91 Å². The number of hydrogen-bond acceptors (Lipinski definition) is 3. The van der Waals surface area contributed by atoms with Gasteiger partial charge in [0.25, 0.3) is 0 Å². The lowest BCUT2D eigenvalue weighted by Gasteiger charge is -2.30. The van der Waals surface area contributed by atoms with Crippen molar-refractivity contribution in [2.24, 2.45) is 11.1 Å². The molecule has 1 rings (SSSR count). The van der Waals surface area contributed by atoms with Crippen molar-refractivity contribution in [3.05, 3.63) is 29.8 Å². The van der Waals surface area contributed by atoms with Gasteiger partial charge in [-0.3, -0.25) is 4.79 Å². The third-order valence-corrected chi connectivity index (χ3v) is 3.78. The maximum Gasteiger partial charge on any atom is 0.229 e. The van der Waals surface area contributed by atoms with Crippen LogP contribution in [0.25, 0.3) is 0 Å². The minimum Gasteiger partial charge on any atom is -0.492 e. The summed E-state index contributed by atoms with van der Waals surface area (Å²) in [6.07, 6.45) is 0.741. The number of carbonyl (C=O) groups excluding carboxylic acids is 1. The largest absolute Gasteiger partial charge is 0.492 e. The molecule has 1 aromatic carbocycles. The maximum absolute atomic E-state index is 12.3. The molecule has 2 N–H and O–H groups in total. The van der Waals surface area contributed by atoms with Crippen molar-refractivity contribution in [3.63, 3.8) is 0 Å². The lowest BCUT2D eigenvalue weighted by Crippen LogP contribution is -2.45. The van der Waals surface area contributed by atoms with Crippen molar-refractivity contribution in [2.75, 3.05) is 26.7 Å². The van der Waals surface area contributed by atoms with Gasteiger partial charge >= 0.3 is 0 Å². The molecule has 1 aromatic rings. The highest BCUT2D eigenvalue weighted by Crippen LogP contribution is 2.22. The van der Waals surface area contributed by atoms with Crippen LogP contribution in [0.5, 0.6) is 5.75 Å². The van der Waals surface area contributed by atoms with Crippen LogP contribution in [0.1, 0.15) is 25.8 Å². The van der Waals surface area contributed by atoms with Gasteiger partial charge in [-0.25, -0.2) is 0 Å². The number of ether oxygens (including phenoxy) is 1. The van der Waals surface area contributed by atoms with Gasteiger partial charge in [-0.2, -0.15) is 0 Å². The molecule has 112 valence electrons. The number of likely N-dealkylation sites (N-methyl/N-ethyl adjacent to an activating group) is 1. The standard InChI is InChI=1S/C16H26N2O2/c1-5-16(3,12-17)15(19)18(4)9-10-20-14-8-6-7-13(2)11-14/h6-8,11H,5,9-10,12,17H2,1-4H3. The third-order valence-electron chi connectivity index (χ3n) is 3.78. The van der Waals surface area contributed by atoms with E-state index in [0.29, 0.717) is 19.7 Å². The van der Waals surface area contributed by atoms with E-state index in [1.165, 1.54) is 0 Å². The average Bonchev–Trinajstić information content (AvgIpc) is 2.45. The summed E-state index contributed by atoms with van der Waals surface area (Å²) in [5.74, 6) is 0.915. The van der Waals surface area contributed by atoms with E-state index in [9.17, 15) is 4.79 Å². The Balaban J connectivity index is 2.47. The van der Waals surface area contributed by atoms with Crippen LogP contribution in [0.4, 0.5) is 0 Å². The Morgan fingerprint density at radius 1 is 1.45 bits per heavy atom. The van der Waals surface area contributed by atoms with Crippen LogP contribution < -0.4 is 10.5 Å². The Hall–Kier alpha value is -1.55. The molecule has 0 aliphatic rings. The Labute approximate surface area is 121 Å². The summed E-state index contributed by atoms with van der Waals surface area (Å²) in [4.78, 5) is 14.0. The second-order valence-corrected chi connectivity index (χ2v) is 5.51. The van der Waals surface area contributed by atoms with Crippen molar-refractivity contribution in [1.82, 2.24) is 4.90 Å². The van der Waals surface area contributed by atoms with Crippen molar-refractivity contribution in [3.8, 4) is 5.75 Å². The summed E-state index contributed by atoms with van der Waals surface area (Å²) in [5, 5.41) is 0. The summed E-state index contributed by atoms with van der Waals surface area (Å²) >= 11 is 0. The van der Waals surface area contributed by atoms with E-state index in [4.69, 9.17) is 10.5 Å². The maximum atomic E-state index is 12.3. The quantitative estimate of drug-likeness (QED) is 0.832. The Morgan fingerprint density at radius 3 is 2.70 bits per heavy atom. The fraction of sp³-hybridized carbons (Fsp3) is 0.562. The molecular weight excluding hydrogens is 252 g/mol. The zero-order valence-electron chi connectivity index (χ0n) is 13.0.